The monoisotopic (exact) mass is 328 g/mol. The van der Waals surface area contributed by atoms with Gasteiger partial charge in [-0.3, -0.25) is 4.79 Å². The normalized spacial score (nSPS) is 56.2. The minimum absolute atomic E-state index is 0.0438. The van der Waals surface area contributed by atoms with Crippen LogP contribution in [0.15, 0.2) is 12.2 Å². The molecule has 0 aromatic heterocycles. The summed E-state index contributed by atoms with van der Waals surface area (Å²) >= 11 is 0. The Labute approximate surface area is 146 Å². The van der Waals surface area contributed by atoms with Crippen LogP contribution in [0.2, 0.25) is 0 Å². The molecular formula is C22H32O2. The molecule has 1 N–H and O–H groups in total. The largest absolute Gasteiger partial charge is 0.393 e. The van der Waals surface area contributed by atoms with Crippen molar-refractivity contribution >= 4 is 5.78 Å². The van der Waals surface area contributed by atoms with Crippen molar-refractivity contribution in [3.8, 4) is 0 Å². The smallest absolute Gasteiger partial charge is 0.155 e. The summed E-state index contributed by atoms with van der Waals surface area (Å²) in [6.07, 6.45) is 16.4. The van der Waals surface area contributed by atoms with Gasteiger partial charge in [0, 0.05) is 6.42 Å². The number of aliphatic hydroxyl groups is 1. The summed E-state index contributed by atoms with van der Waals surface area (Å²) in [6, 6.07) is 0. The van der Waals surface area contributed by atoms with Gasteiger partial charge in [-0.05, 0) is 104 Å². The second-order valence-electron chi connectivity index (χ2n) is 10.0. The van der Waals surface area contributed by atoms with E-state index in [1.54, 1.807) is 0 Å². The second-order valence-corrected chi connectivity index (χ2v) is 10.0. The van der Waals surface area contributed by atoms with Gasteiger partial charge in [0.1, 0.15) is 0 Å². The highest BCUT2D eigenvalue weighted by Gasteiger charge is 2.61. The molecule has 24 heavy (non-hydrogen) atoms. The van der Waals surface area contributed by atoms with Crippen LogP contribution in [-0.4, -0.2) is 17.0 Å². The zero-order chi connectivity index (χ0) is 16.5. The molecular weight excluding hydrogens is 296 g/mol. The van der Waals surface area contributed by atoms with Gasteiger partial charge < -0.3 is 5.11 Å². The van der Waals surface area contributed by atoms with Crippen molar-refractivity contribution in [1.82, 2.24) is 0 Å². The fraction of sp³-hybridized carbons (Fsp3) is 0.864. The number of ketones is 1. The molecule has 0 aromatic rings. The number of fused-ring (bicyclic) bond motifs is 4. The highest BCUT2D eigenvalue weighted by molar-refractivity contribution is 5.91. The third kappa shape index (κ3) is 1.95. The van der Waals surface area contributed by atoms with Gasteiger partial charge in [-0.25, -0.2) is 0 Å². The third-order valence-corrected chi connectivity index (χ3v) is 9.43. The average molecular weight is 328 g/mol. The maximum absolute atomic E-state index is 11.9. The first-order valence-corrected chi connectivity index (χ1v) is 10.4. The first-order chi connectivity index (χ1) is 11.5. The van der Waals surface area contributed by atoms with Crippen molar-refractivity contribution in [3.05, 3.63) is 12.2 Å². The topological polar surface area (TPSA) is 37.3 Å². The van der Waals surface area contributed by atoms with Crippen molar-refractivity contribution in [1.29, 1.82) is 0 Å². The molecule has 8 atom stereocenters. The number of hydrogen-bond donors (Lipinski definition) is 1. The summed E-state index contributed by atoms with van der Waals surface area (Å²) in [7, 11) is 0. The predicted octanol–water partition coefficient (Wildman–Crippen LogP) is 4.52. The number of allylic oxidation sites excluding steroid dienone is 2. The zero-order valence-corrected chi connectivity index (χ0v) is 15.0. The molecule has 2 nitrogen and oxygen atoms in total. The molecule has 1 spiro atoms. The van der Waals surface area contributed by atoms with Gasteiger partial charge in [-0.1, -0.05) is 13.0 Å². The first-order valence-electron chi connectivity index (χ1n) is 10.4. The van der Waals surface area contributed by atoms with Crippen LogP contribution in [0.25, 0.3) is 0 Å². The summed E-state index contributed by atoms with van der Waals surface area (Å²) in [5.74, 6) is 4.32. The zero-order valence-electron chi connectivity index (χ0n) is 15.0. The lowest BCUT2D eigenvalue weighted by Gasteiger charge is -2.61. The summed E-state index contributed by atoms with van der Waals surface area (Å²) in [5, 5.41) is 10.1. The molecule has 3 unspecified atom stereocenters. The molecule has 5 aliphatic carbocycles. The molecule has 5 aliphatic rings. The fourth-order valence-electron chi connectivity index (χ4n) is 8.26. The van der Waals surface area contributed by atoms with Crippen LogP contribution >= 0.6 is 0 Å². The van der Waals surface area contributed by atoms with E-state index in [1.807, 2.05) is 6.08 Å². The van der Waals surface area contributed by atoms with E-state index in [0.29, 0.717) is 22.5 Å². The molecule has 4 fully saturated rings. The van der Waals surface area contributed by atoms with E-state index in [-0.39, 0.29) is 6.10 Å². The summed E-state index contributed by atoms with van der Waals surface area (Å²) in [6.45, 7) is 2.56. The molecule has 0 aliphatic heterocycles. The number of rotatable bonds is 0. The molecule has 0 bridgehead atoms. The Morgan fingerprint density at radius 3 is 2.71 bits per heavy atom. The fourth-order valence-corrected chi connectivity index (χ4v) is 8.26. The van der Waals surface area contributed by atoms with Gasteiger partial charge in [0.05, 0.1) is 6.10 Å². The Morgan fingerprint density at radius 1 is 1.00 bits per heavy atom. The molecule has 0 amide bonds. The highest BCUT2D eigenvalue weighted by Crippen LogP contribution is 2.68. The Kier molecular flexibility index (Phi) is 3.38. The lowest BCUT2D eigenvalue weighted by molar-refractivity contribution is -0.127. The van der Waals surface area contributed by atoms with E-state index in [9.17, 15) is 9.90 Å². The van der Waals surface area contributed by atoms with Gasteiger partial charge in [-0.2, -0.15) is 0 Å². The number of carbonyl (C=O) groups excluding carboxylic acids is 1. The molecule has 0 heterocycles. The van der Waals surface area contributed by atoms with Gasteiger partial charge in [0.25, 0.3) is 0 Å². The Morgan fingerprint density at radius 2 is 1.83 bits per heavy atom. The van der Waals surface area contributed by atoms with Crippen molar-refractivity contribution in [3.63, 3.8) is 0 Å². The summed E-state index contributed by atoms with van der Waals surface area (Å²) < 4.78 is 0. The van der Waals surface area contributed by atoms with Crippen LogP contribution in [-0.2, 0) is 4.79 Å². The molecule has 0 saturated heterocycles. The van der Waals surface area contributed by atoms with Gasteiger partial charge in [0.2, 0.25) is 0 Å². The Hall–Kier alpha value is -0.630. The predicted molar refractivity (Wildman–Crippen MR) is 94.3 cm³/mol. The summed E-state index contributed by atoms with van der Waals surface area (Å²) in [4.78, 5) is 11.9. The van der Waals surface area contributed by atoms with Gasteiger partial charge in [-0.15, -0.1) is 0 Å². The lowest BCUT2D eigenvalue weighted by atomic mass is 9.44. The van der Waals surface area contributed by atoms with E-state index >= 15 is 0 Å². The molecule has 132 valence electrons. The van der Waals surface area contributed by atoms with Crippen LogP contribution in [0.1, 0.15) is 71.1 Å². The lowest BCUT2D eigenvalue weighted by Crippen LogP contribution is -2.54. The number of carbonyl (C=O) groups is 1. The standard InChI is InChI=1S/C22H32O2/c1-21-9-6-16(23)12-14(21)2-4-18-19(21)8-11-22-10-7-17(24)13-15(22)3-5-20(18)22/h7,10,14-16,18-20,23H,2-6,8-9,11-13H2,1H3/t14-,15-,16-,18?,19?,20?,21+,22-/m1/s1. The quantitative estimate of drug-likeness (QED) is 0.710. The molecule has 2 heteroatoms. The van der Waals surface area contributed by atoms with Crippen LogP contribution in [0.3, 0.4) is 0 Å². The second kappa shape index (κ2) is 5.19. The number of aliphatic hydroxyl groups excluding tert-OH is 1. The van der Waals surface area contributed by atoms with Crippen LogP contribution in [0.4, 0.5) is 0 Å². The molecule has 0 radical (unpaired) electrons. The maximum atomic E-state index is 11.9. The van der Waals surface area contributed by atoms with Crippen LogP contribution in [0.5, 0.6) is 0 Å². The van der Waals surface area contributed by atoms with Crippen molar-refractivity contribution < 1.29 is 9.90 Å². The highest BCUT2D eigenvalue weighted by atomic mass is 16.3. The number of hydrogen-bond acceptors (Lipinski definition) is 2. The third-order valence-electron chi connectivity index (χ3n) is 9.43. The molecule has 5 rings (SSSR count). The van der Waals surface area contributed by atoms with E-state index in [1.165, 1.54) is 44.9 Å². The van der Waals surface area contributed by atoms with Crippen molar-refractivity contribution in [2.75, 3.05) is 0 Å². The molecule has 0 aromatic carbocycles. The molecule has 4 saturated carbocycles. The van der Waals surface area contributed by atoms with Gasteiger partial charge >= 0.3 is 0 Å². The maximum Gasteiger partial charge on any atom is 0.155 e. The minimum atomic E-state index is -0.0438. The van der Waals surface area contributed by atoms with E-state index in [2.05, 4.69) is 13.0 Å². The van der Waals surface area contributed by atoms with Crippen LogP contribution < -0.4 is 0 Å². The average Bonchev–Trinajstić information content (AvgIpc) is 2.94. The first kappa shape index (κ1) is 15.6. The van der Waals surface area contributed by atoms with E-state index in [0.717, 1.165) is 42.9 Å². The minimum Gasteiger partial charge on any atom is -0.393 e. The van der Waals surface area contributed by atoms with Crippen molar-refractivity contribution in [2.45, 2.75) is 77.2 Å². The Balaban J connectivity index is 1.47. The Bertz CT molecular complexity index is 581. The van der Waals surface area contributed by atoms with Crippen LogP contribution in [0, 0.1) is 40.4 Å². The summed E-state index contributed by atoms with van der Waals surface area (Å²) in [5.41, 5.74) is 0.836. The SMILES string of the molecule is C[C@]12CC[C@@H](O)C[C@H]1CCC1C3CC[C@@H]4CC(=O)C=C[C@]34CCC12. The van der Waals surface area contributed by atoms with Gasteiger partial charge in [0.15, 0.2) is 5.78 Å². The van der Waals surface area contributed by atoms with E-state index < -0.39 is 0 Å². The van der Waals surface area contributed by atoms with Crippen molar-refractivity contribution in [2.24, 2.45) is 40.4 Å². The van der Waals surface area contributed by atoms with E-state index in [4.69, 9.17) is 0 Å².